The third kappa shape index (κ3) is 4.79. The number of sulfonamides is 1. The second-order valence-electron chi connectivity index (χ2n) is 8.10. The number of amides is 1. The topological polar surface area (TPSA) is 62.6 Å². The molecular formula is C25H29N3O3S. The van der Waals surface area contributed by atoms with Crippen molar-refractivity contribution >= 4 is 26.8 Å². The lowest BCUT2D eigenvalue weighted by molar-refractivity contribution is -0.131. The Bertz CT molecular complexity index is 1200. The quantitative estimate of drug-likeness (QED) is 0.515. The van der Waals surface area contributed by atoms with Gasteiger partial charge in [0, 0.05) is 56.2 Å². The number of aryl methyl sites for hydroxylation is 1. The first kappa shape index (κ1) is 22.3. The van der Waals surface area contributed by atoms with Crippen LogP contribution in [0.4, 0.5) is 0 Å². The second kappa shape index (κ2) is 9.71. The Morgan fingerprint density at radius 1 is 1.00 bits per heavy atom. The molecule has 0 bridgehead atoms. The van der Waals surface area contributed by atoms with Crippen molar-refractivity contribution in [2.75, 3.05) is 26.2 Å². The summed E-state index contributed by atoms with van der Waals surface area (Å²) < 4.78 is 30.2. The van der Waals surface area contributed by atoms with Crippen molar-refractivity contribution < 1.29 is 13.2 Å². The average Bonchev–Trinajstić information content (AvgIpc) is 3.03. The van der Waals surface area contributed by atoms with Gasteiger partial charge in [0.1, 0.15) is 0 Å². The molecular weight excluding hydrogens is 422 g/mol. The molecule has 7 heteroatoms. The molecule has 32 heavy (non-hydrogen) atoms. The van der Waals surface area contributed by atoms with Gasteiger partial charge < -0.3 is 9.47 Å². The fourth-order valence-electron chi connectivity index (χ4n) is 4.22. The Kier molecular flexibility index (Phi) is 6.77. The number of hydrogen-bond acceptors (Lipinski definition) is 3. The van der Waals surface area contributed by atoms with Gasteiger partial charge in [-0.15, -0.1) is 6.58 Å². The molecule has 1 saturated heterocycles. The van der Waals surface area contributed by atoms with Gasteiger partial charge in [0.05, 0.1) is 4.90 Å². The van der Waals surface area contributed by atoms with Crippen LogP contribution in [0.2, 0.25) is 0 Å². The summed E-state index contributed by atoms with van der Waals surface area (Å²) in [7, 11) is -3.62. The lowest BCUT2D eigenvalue weighted by Crippen LogP contribution is -2.37. The molecule has 0 unspecified atom stereocenters. The summed E-state index contributed by atoms with van der Waals surface area (Å²) in [6, 6.07) is 17.1. The minimum Gasteiger partial charge on any atom is -0.344 e. The van der Waals surface area contributed by atoms with Crippen molar-refractivity contribution in [3.8, 4) is 0 Å². The lowest BCUT2D eigenvalue weighted by atomic mass is 10.1. The molecule has 3 aromatic rings. The lowest BCUT2D eigenvalue weighted by Gasteiger charge is -2.22. The molecule has 2 aromatic carbocycles. The Morgan fingerprint density at radius 3 is 2.59 bits per heavy atom. The molecule has 0 spiro atoms. The van der Waals surface area contributed by atoms with Crippen LogP contribution in [0.25, 0.3) is 10.9 Å². The number of fused-ring (bicyclic) bond motifs is 1. The first-order valence-electron chi connectivity index (χ1n) is 11.0. The smallest absolute Gasteiger partial charge is 0.243 e. The fourth-order valence-corrected chi connectivity index (χ4v) is 5.73. The van der Waals surface area contributed by atoms with E-state index in [9.17, 15) is 13.2 Å². The number of carbonyl (C=O) groups is 1. The van der Waals surface area contributed by atoms with Gasteiger partial charge >= 0.3 is 0 Å². The molecule has 0 saturated carbocycles. The molecule has 1 fully saturated rings. The molecule has 1 aromatic heterocycles. The summed E-state index contributed by atoms with van der Waals surface area (Å²) >= 11 is 0. The van der Waals surface area contributed by atoms with Gasteiger partial charge in [0.25, 0.3) is 0 Å². The van der Waals surface area contributed by atoms with Gasteiger partial charge in [-0.3, -0.25) is 4.79 Å². The van der Waals surface area contributed by atoms with E-state index in [1.807, 2.05) is 59.3 Å². The van der Waals surface area contributed by atoms with Gasteiger partial charge in [0.2, 0.25) is 15.9 Å². The predicted octanol–water partition coefficient (Wildman–Crippen LogP) is 3.68. The molecule has 0 aliphatic carbocycles. The number of hydrogen-bond donors (Lipinski definition) is 0. The van der Waals surface area contributed by atoms with E-state index >= 15 is 0 Å². The third-order valence-electron chi connectivity index (χ3n) is 5.98. The standard InChI is InChI=1S/C25H29N3O3S/c1-2-14-26-17-13-22-20-23(10-11-24(22)26)32(30,31)28-16-6-15-27(18-19-28)25(29)12-9-21-7-4-3-5-8-21/h2-5,7-8,10-11,13,17,20H,1,6,9,12,14-16,18-19H2. The molecule has 0 radical (unpaired) electrons. The summed E-state index contributed by atoms with van der Waals surface area (Å²) in [5.74, 6) is 0.0816. The summed E-state index contributed by atoms with van der Waals surface area (Å²) in [4.78, 5) is 14.8. The number of allylic oxidation sites excluding steroid dienone is 1. The third-order valence-corrected chi connectivity index (χ3v) is 7.88. The first-order valence-corrected chi connectivity index (χ1v) is 12.4. The molecule has 2 heterocycles. The van der Waals surface area contributed by atoms with E-state index in [-0.39, 0.29) is 5.91 Å². The van der Waals surface area contributed by atoms with Crippen LogP contribution < -0.4 is 0 Å². The predicted molar refractivity (Wildman–Crippen MR) is 127 cm³/mol. The number of nitrogens with zero attached hydrogens (tertiary/aromatic N) is 3. The van der Waals surface area contributed by atoms with Gasteiger partial charge in [-0.2, -0.15) is 4.31 Å². The van der Waals surface area contributed by atoms with Crippen LogP contribution in [0.15, 0.2) is 78.3 Å². The van der Waals surface area contributed by atoms with E-state index in [2.05, 4.69) is 6.58 Å². The van der Waals surface area contributed by atoms with Crippen LogP contribution in [-0.4, -0.2) is 54.3 Å². The molecule has 0 N–H and O–H groups in total. The zero-order valence-electron chi connectivity index (χ0n) is 18.2. The Labute approximate surface area is 189 Å². The summed E-state index contributed by atoms with van der Waals surface area (Å²) in [6.07, 6.45) is 5.52. The van der Waals surface area contributed by atoms with E-state index in [1.165, 1.54) is 4.31 Å². The maximum absolute atomic E-state index is 13.3. The van der Waals surface area contributed by atoms with E-state index < -0.39 is 10.0 Å². The zero-order valence-corrected chi connectivity index (χ0v) is 19.0. The van der Waals surface area contributed by atoms with E-state index in [4.69, 9.17) is 0 Å². The number of carbonyl (C=O) groups excluding carboxylic acids is 1. The normalized spacial score (nSPS) is 15.6. The van der Waals surface area contributed by atoms with Gasteiger partial charge in [0.15, 0.2) is 0 Å². The van der Waals surface area contributed by atoms with Gasteiger partial charge in [-0.25, -0.2) is 8.42 Å². The molecule has 1 aliphatic heterocycles. The van der Waals surface area contributed by atoms with Crippen LogP contribution in [-0.2, 0) is 27.8 Å². The van der Waals surface area contributed by atoms with Crippen LogP contribution >= 0.6 is 0 Å². The van der Waals surface area contributed by atoms with Crippen LogP contribution in [0.5, 0.6) is 0 Å². The molecule has 1 aliphatic rings. The highest BCUT2D eigenvalue weighted by molar-refractivity contribution is 7.89. The van der Waals surface area contributed by atoms with Crippen molar-refractivity contribution in [3.63, 3.8) is 0 Å². The maximum Gasteiger partial charge on any atom is 0.243 e. The Hall–Kier alpha value is -2.90. The van der Waals surface area contributed by atoms with Crippen LogP contribution in [0.3, 0.4) is 0 Å². The minimum atomic E-state index is -3.62. The van der Waals surface area contributed by atoms with Crippen molar-refractivity contribution in [2.24, 2.45) is 0 Å². The number of benzene rings is 2. The highest BCUT2D eigenvalue weighted by Crippen LogP contribution is 2.24. The summed E-state index contributed by atoms with van der Waals surface area (Å²) in [6.45, 7) is 6.18. The Morgan fingerprint density at radius 2 is 1.81 bits per heavy atom. The molecule has 6 nitrogen and oxygen atoms in total. The fraction of sp³-hybridized carbons (Fsp3) is 0.320. The highest BCUT2D eigenvalue weighted by atomic mass is 32.2. The SMILES string of the molecule is C=CCn1ccc2cc(S(=O)(=O)N3CCCN(C(=O)CCc4ccccc4)CC3)ccc21. The van der Waals surface area contributed by atoms with Crippen molar-refractivity contribution in [2.45, 2.75) is 30.7 Å². The minimum absolute atomic E-state index is 0.0816. The monoisotopic (exact) mass is 451 g/mol. The van der Waals surface area contributed by atoms with E-state index in [1.54, 1.807) is 17.0 Å². The van der Waals surface area contributed by atoms with Gasteiger partial charge in [-0.05, 0) is 42.7 Å². The average molecular weight is 452 g/mol. The summed E-state index contributed by atoms with van der Waals surface area (Å²) in [5.41, 5.74) is 2.12. The van der Waals surface area contributed by atoms with E-state index in [0.717, 1.165) is 16.5 Å². The Balaban J connectivity index is 1.42. The van der Waals surface area contributed by atoms with Crippen molar-refractivity contribution in [1.82, 2.24) is 13.8 Å². The number of rotatable bonds is 7. The van der Waals surface area contributed by atoms with Crippen molar-refractivity contribution in [3.05, 3.63) is 79.0 Å². The molecule has 168 valence electrons. The molecule has 0 atom stereocenters. The maximum atomic E-state index is 13.3. The first-order chi connectivity index (χ1) is 15.5. The number of aromatic nitrogens is 1. The van der Waals surface area contributed by atoms with Crippen LogP contribution in [0.1, 0.15) is 18.4 Å². The van der Waals surface area contributed by atoms with Crippen LogP contribution in [0, 0.1) is 0 Å². The van der Waals surface area contributed by atoms with E-state index in [0.29, 0.717) is 56.9 Å². The molecule has 1 amide bonds. The summed E-state index contributed by atoms with van der Waals surface area (Å²) in [5, 5.41) is 0.889. The second-order valence-corrected chi connectivity index (χ2v) is 10.0. The highest BCUT2D eigenvalue weighted by Gasteiger charge is 2.28. The zero-order chi connectivity index (χ0) is 22.6. The van der Waals surface area contributed by atoms with Crippen molar-refractivity contribution in [1.29, 1.82) is 0 Å². The van der Waals surface area contributed by atoms with Gasteiger partial charge in [-0.1, -0.05) is 36.4 Å². The molecule has 4 rings (SSSR count). The largest absolute Gasteiger partial charge is 0.344 e.